The summed E-state index contributed by atoms with van der Waals surface area (Å²) in [5.41, 5.74) is 8.71. The van der Waals surface area contributed by atoms with Crippen LogP contribution in [0.1, 0.15) is 22.8 Å². The van der Waals surface area contributed by atoms with Crippen molar-refractivity contribution in [3.05, 3.63) is 58.6 Å². The van der Waals surface area contributed by atoms with Crippen molar-refractivity contribution in [2.45, 2.75) is 13.8 Å². The number of nitrogens with two attached hydrogens (primary N) is 1. The highest BCUT2D eigenvalue weighted by atomic mass is 35.5. The fraction of sp³-hybridized carbons (Fsp3) is 0.188. The van der Waals surface area contributed by atoms with E-state index in [0.717, 1.165) is 11.3 Å². The Morgan fingerprint density at radius 2 is 1.85 bits per heavy atom. The average molecular weight is 289 g/mol. The van der Waals surface area contributed by atoms with Crippen LogP contribution in [0, 0.1) is 6.92 Å². The summed E-state index contributed by atoms with van der Waals surface area (Å²) >= 11 is 5.98. The van der Waals surface area contributed by atoms with Gasteiger partial charge in [-0.15, -0.1) is 0 Å². The van der Waals surface area contributed by atoms with Crippen molar-refractivity contribution in [3.63, 3.8) is 0 Å². The topological polar surface area (TPSA) is 46.3 Å². The third-order valence-corrected chi connectivity index (χ3v) is 3.48. The van der Waals surface area contributed by atoms with Crippen LogP contribution in [0.3, 0.4) is 0 Å². The van der Waals surface area contributed by atoms with Gasteiger partial charge < -0.3 is 10.6 Å². The van der Waals surface area contributed by atoms with Crippen molar-refractivity contribution in [2.75, 3.05) is 17.2 Å². The number of anilines is 2. The van der Waals surface area contributed by atoms with Crippen molar-refractivity contribution in [1.82, 2.24) is 0 Å². The quantitative estimate of drug-likeness (QED) is 0.871. The van der Waals surface area contributed by atoms with Gasteiger partial charge in [-0.25, -0.2) is 0 Å². The van der Waals surface area contributed by atoms with Gasteiger partial charge in [0, 0.05) is 17.8 Å². The van der Waals surface area contributed by atoms with Crippen LogP contribution in [-0.4, -0.2) is 12.5 Å². The number of carbonyl (C=O) groups excluding carboxylic acids is 1. The zero-order chi connectivity index (χ0) is 14.7. The summed E-state index contributed by atoms with van der Waals surface area (Å²) < 4.78 is 0. The molecule has 2 aromatic rings. The minimum absolute atomic E-state index is 0.0850. The van der Waals surface area contributed by atoms with Crippen LogP contribution in [0.25, 0.3) is 0 Å². The molecule has 2 N–H and O–H groups in total. The van der Waals surface area contributed by atoms with Gasteiger partial charge in [-0.3, -0.25) is 4.79 Å². The molecular formula is C16H17ClN2O. The first-order valence-electron chi connectivity index (χ1n) is 6.46. The highest BCUT2D eigenvalue weighted by Gasteiger charge is 2.16. The number of rotatable bonds is 3. The van der Waals surface area contributed by atoms with Gasteiger partial charge in [-0.2, -0.15) is 0 Å². The molecule has 0 bridgehead atoms. The molecule has 2 rings (SSSR count). The molecule has 0 saturated carbocycles. The summed E-state index contributed by atoms with van der Waals surface area (Å²) in [6.07, 6.45) is 0. The molecule has 0 atom stereocenters. The number of nitrogens with zero attached hydrogens (tertiary/aromatic N) is 1. The van der Waals surface area contributed by atoms with Gasteiger partial charge in [-0.1, -0.05) is 29.3 Å². The molecule has 20 heavy (non-hydrogen) atoms. The van der Waals surface area contributed by atoms with Crippen LogP contribution in [0.2, 0.25) is 5.02 Å². The number of hydrogen-bond donors (Lipinski definition) is 1. The summed E-state index contributed by atoms with van der Waals surface area (Å²) in [7, 11) is 0. The lowest BCUT2D eigenvalue weighted by molar-refractivity contribution is 0.0988. The van der Waals surface area contributed by atoms with Crippen LogP contribution >= 0.6 is 11.6 Å². The second-order valence-corrected chi connectivity index (χ2v) is 5.03. The summed E-state index contributed by atoms with van der Waals surface area (Å²) in [5.74, 6) is -0.0850. The number of hydrogen-bond acceptors (Lipinski definition) is 2. The first kappa shape index (κ1) is 14.4. The molecule has 0 spiro atoms. The second kappa shape index (κ2) is 5.97. The Morgan fingerprint density at radius 1 is 1.20 bits per heavy atom. The predicted octanol–water partition coefficient (Wildman–Crippen LogP) is 3.90. The van der Waals surface area contributed by atoms with Gasteiger partial charge in [-0.05, 0) is 44.2 Å². The number of nitrogen functional groups attached to an aromatic ring is 1. The van der Waals surface area contributed by atoms with Gasteiger partial charge in [0.1, 0.15) is 0 Å². The largest absolute Gasteiger partial charge is 0.398 e. The summed E-state index contributed by atoms with van der Waals surface area (Å²) in [5, 5.41) is 0.399. The van der Waals surface area contributed by atoms with E-state index in [0.29, 0.717) is 22.8 Å². The highest BCUT2D eigenvalue weighted by Crippen LogP contribution is 2.23. The average Bonchev–Trinajstić information content (AvgIpc) is 2.44. The molecule has 0 unspecified atom stereocenters. The molecule has 0 aliphatic carbocycles. The van der Waals surface area contributed by atoms with Crippen molar-refractivity contribution in [1.29, 1.82) is 0 Å². The SMILES string of the molecule is CCN(C(=O)c1ccc(N)c(Cl)c1)c1ccc(C)cc1. The van der Waals surface area contributed by atoms with E-state index in [1.165, 1.54) is 0 Å². The molecule has 0 heterocycles. The lowest BCUT2D eigenvalue weighted by Crippen LogP contribution is -2.30. The summed E-state index contributed by atoms with van der Waals surface area (Å²) in [6, 6.07) is 12.8. The molecule has 0 saturated heterocycles. The third-order valence-electron chi connectivity index (χ3n) is 3.15. The number of carbonyl (C=O) groups is 1. The van der Waals surface area contributed by atoms with Gasteiger partial charge in [0.05, 0.1) is 10.7 Å². The molecular weight excluding hydrogens is 272 g/mol. The maximum Gasteiger partial charge on any atom is 0.258 e. The van der Waals surface area contributed by atoms with Crippen LogP contribution < -0.4 is 10.6 Å². The Kier molecular flexibility index (Phi) is 4.30. The van der Waals surface area contributed by atoms with E-state index < -0.39 is 0 Å². The Labute approximate surface area is 124 Å². The van der Waals surface area contributed by atoms with Crippen molar-refractivity contribution >= 4 is 28.9 Å². The number of aryl methyl sites for hydroxylation is 1. The van der Waals surface area contributed by atoms with Crippen LogP contribution in [0.4, 0.5) is 11.4 Å². The van der Waals surface area contributed by atoms with E-state index in [9.17, 15) is 4.79 Å². The van der Waals surface area contributed by atoms with Gasteiger partial charge in [0.2, 0.25) is 0 Å². The molecule has 0 aromatic heterocycles. The van der Waals surface area contributed by atoms with Gasteiger partial charge >= 0.3 is 0 Å². The molecule has 0 aliphatic rings. The molecule has 3 nitrogen and oxygen atoms in total. The lowest BCUT2D eigenvalue weighted by Gasteiger charge is -2.21. The maximum atomic E-state index is 12.6. The second-order valence-electron chi connectivity index (χ2n) is 4.62. The van der Waals surface area contributed by atoms with Crippen LogP contribution in [0.5, 0.6) is 0 Å². The summed E-state index contributed by atoms with van der Waals surface area (Å²) in [4.78, 5) is 14.3. The van der Waals surface area contributed by atoms with Crippen LogP contribution in [0.15, 0.2) is 42.5 Å². The van der Waals surface area contributed by atoms with Crippen LogP contribution in [-0.2, 0) is 0 Å². The lowest BCUT2D eigenvalue weighted by atomic mass is 10.1. The standard InChI is InChI=1S/C16H17ClN2O/c1-3-19(13-7-4-11(2)5-8-13)16(20)12-6-9-15(18)14(17)10-12/h4-10H,3,18H2,1-2H3. The van der Waals surface area contributed by atoms with E-state index in [2.05, 4.69) is 0 Å². The van der Waals surface area contributed by atoms with Crippen molar-refractivity contribution in [2.24, 2.45) is 0 Å². The Balaban J connectivity index is 2.33. The van der Waals surface area contributed by atoms with E-state index in [1.54, 1.807) is 23.1 Å². The Bertz CT molecular complexity index is 623. The van der Waals surface area contributed by atoms with E-state index in [-0.39, 0.29) is 5.91 Å². The molecule has 2 aromatic carbocycles. The highest BCUT2D eigenvalue weighted by molar-refractivity contribution is 6.33. The Morgan fingerprint density at radius 3 is 2.40 bits per heavy atom. The zero-order valence-electron chi connectivity index (χ0n) is 11.6. The monoisotopic (exact) mass is 288 g/mol. The summed E-state index contributed by atoms with van der Waals surface area (Å²) in [6.45, 7) is 4.54. The van der Waals surface area contributed by atoms with Crippen molar-refractivity contribution < 1.29 is 4.79 Å². The van der Waals surface area contributed by atoms with Crippen molar-refractivity contribution in [3.8, 4) is 0 Å². The molecule has 4 heteroatoms. The number of benzene rings is 2. The molecule has 0 fully saturated rings. The number of halogens is 1. The third kappa shape index (κ3) is 2.94. The first-order chi connectivity index (χ1) is 9.52. The molecule has 1 amide bonds. The maximum absolute atomic E-state index is 12.6. The normalized spacial score (nSPS) is 10.3. The molecule has 104 valence electrons. The molecule has 0 aliphatic heterocycles. The van der Waals surface area contributed by atoms with Gasteiger partial charge in [0.15, 0.2) is 0 Å². The Hall–Kier alpha value is -2.00. The van der Waals surface area contributed by atoms with E-state index >= 15 is 0 Å². The molecule has 0 radical (unpaired) electrons. The predicted molar refractivity (Wildman–Crippen MR) is 84.4 cm³/mol. The van der Waals surface area contributed by atoms with Gasteiger partial charge in [0.25, 0.3) is 5.91 Å². The zero-order valence-corrected chi connectivity index (χ0v) is 12.3. The fourth-order valence-electron chi connectivity index (χ4n) is 1.98. The number of amides is 1. The minimum atomic E-state index is -0.0850. The van der Waals surface area contributed by atoms with E-state index in [1.807, 2.05) is 38.1 Å². The smallest absolute Gasteiger partial charge is 0.258 e. The first-order valence-corrected chi connectivity index (χ1v) is 6.84. The minimum Gasteiger partial charge on any atom is -0.398 e. The fourth-order valence-corrected chi connectivity index (χ4v) is 2.16. The van der Waals surface area contributed by atoms with E-state index in [4.69, 9.17) is 17.3 Å².